The van der Waals surface area contributed by atoms with Crippen molar-refractivity contribution in [2.45, 2.75) is 50.2 Å². The molecule has 0 heterocycles. The highest BCUT2D eigenvalue weighted by atomic mass is 32.2. The Bertz CT molecular complexity index is 605. The molecule has 3 unspecified atom stereocenters. The summed E-state index contributed by atoms with van der Waals surface area (Å²) in [7, 11) is 0. The maximum Gasteiger partial charge on any atom is 0.322 e. The van der Waals surface area contributed by atoms with Crippen LogP contribution in [0.15, 0.2) is 0 Å². The van der Waals surface area contributed by atoms with Crippen molar-refractivity contribution in [3.05, 3.63) is 0 Å². The van der Waals surface area contributed by atoms with E-state index >= 15 is 0 Å². The van der Waals surface area contributed by atoms with Crippen molar-refractivity contribution in [2.24, 2.45) is 11.5 Å². The summed E-state index contributed by atoms with van der Waals surface area (Å²) in [5.74, 6) is -4.07. The van der Waals surface area contributed by atoms with Crippen LogP contribution in [0, 0.1) is 0 Å². The average molecular weight is 450 g/mol. The second-order valence-electron chi connectivity index (χ2n) is 6.50. The van der Waals surface area contributed by atoms with Crippen LogP contribution in [-0.4, -0.2) is 83.1 Å². The van der Waals surface area contributed by atoms with Crippen LogP contribution >= 0.6 is 11.8 Å². The normalized spacial score (nSPS) is 13.6. The minimum atomic E-state index is -1.33. The molecule has 3 amide bonds. The summed E-state index contributed by atoms with van der Waals surface area (Å²) < 4.78 is 0. The van der Waals surface area contributed by atoms with Crippen LogP contribution < -0.4 is 27.4 Å². The van der Waals surface area contributed by atoms with Gasteiger partial charge in [-0.2, -0.15) is 11.8 Å². The van der Waals surface area contributed by atoms with Crippen molar-refractivity contribution in [3.63, 3.8) is 0 Å². The van der Waals surface area contributed by atoms with E-state index in [9.17, 15) is 24.0 Å². The smallest absolute Gasteiger partial charge is 0.322 e. The Morgan fingerprint density at radius 3 is 2.03 bits per heavy atom. The quantitative estimate of drug-likeness (QED) is 0.127. The number of nitrogens with two attached hydrogens (primary N) is 2. The van der Waals surface area contributed by atoms with Gasteiger partial charge in [0.1, 0.15) is 18.6 Å². The highest BCUT2D eigenvalue weighted by Crippen LogP contribution is 2.06. The number of carboxylic acid groups (broad SMARTS) is 2. The van der Waals surface area contributed by atoms with Gasteiger partial charge in [0, 0.05) is 0 Å². The van der Waals surface area contributed by atoms with Crippen molar-refractivity contribution in [3.8, 4) is 0 Å². The van der Waals surface area contributed by atoms with Crippen LogP contribution in [0.2, 0.25) is 0 Å². The van der Waals surface area contributed by atoms with Gasteiger partial charge in [0.25, 0.3) is 0 Å². The molecule has 0 radical (unpaired) electrons. The zero-order chi connectivity index (χ0) is 23.1. The monoisotopic (exact) mass is 449 g/mol. The van der Waals surface area contributed by atoms with Crippen molar-refractivity contribution >= 4 is 41.4 Å². The number of thioether (sulfide) groups is 1. The van der Waals surface area contributed by atoms with Crippen LogP contribution in [-0.2, 0) is 24.0 Å². The van der Waals surface area contributed by atoms with Gasteiger partial charge in [-0.25, -0.2) is 0 Å². The summed E-state index contributed by atoms with van der Waals surface area (Å²) >= 11 is 1.44. The van der Waals surface area contributed by atoms with Crippen LogP contribution in [0.3, 0.4) is 0 Å². The third kappa shape index (κ3) is 12.2. The maximum absolute atomic E-state index is 12.7. The van der Waals surface area contributed by atoms with Crippen molar-refractivity contribution in [1.82, 2.24) is 16.0 Å². The first-order valence-corrected chi connectivity index (χ1v) is 10.8. The predicted molar refractivity (Wildman–Crippen MR) is 111 cm³/mol. The number of hydrogen-bond acceptors (Lipinski definition) is 8. The predicted octanol–water partition coefficient (Wildman–Crippen LogP) is -2.16. The highest BCUT2D eigenvalue weighted by Gasteiger charge is 2.28. The molecular weight excluding hydrogens is 418 g/mol. The molecule has 0 aromatic rings. The number of aliphatic carboxylic acids is 2. The zero-order valence-electron chi connectivity index (χ0n) is 16.9. The van der Waals surface area contributed by atoms with E-state index in [-0.39, 0.29) is 12.8 Å². The largest absolute Gasteiger partial charge is 0.481 e. The number of carbonyl (C=O) groups excluding carboxylic acids is 3. The number of unbranched alkanes of at least 4 members (excludes halogenated alkanes) is 1. The van der Waals surface area contributed by atoms with Crippen LogP contribution in [0.4, 0.5) is 0 Å². The Morgan fingerprint density at radius 1 is 0.900 bits per heavy atom. The fourth-order valence-electron chi connectivity index (χ4n) is 2.38. The molecule has 0 aliphatic carbocycles. The van der Waals surface area contributed by atoms with E-state index in [4.69, 9.17) is 21.7 Å². The minimum absolute atomic E-state index is 0.209. The van der Waals surface area contributed by atoms with E-state index in [1.807, 2.05) is 6.26 Å². The van der Waals surface area contributed by atoms with Crippen LogP contribution in [0.25, 0.3) is 0 Å². The molecule has 13 heteroatoms. The van der Waals surface area contributed by atoms with Gasteiger partial charge >= 0.3 is 11.9 Å². The van der Waals surface area contributed by atoms with Gasteiger partial charge in [0.05, 0.1) is 12.5 Å². The number of hydrogen-bond donors (Lipinski definition) is 7. The molecule has 0 saturated heterocycles. The lowest BCUT2D eigenvalue weighted by molar-refractivity contribution is -0.139. The SMILES string of the molecule is CSCCC(NC(=O)C(CCCCN)NC(=O)C(N)CC(=O)O)C(=O)NCC(=O)O. The molecule has 30 heavy (non-hydrogen) atoms. The first kappa shape index (κ1) is 27.6. The summed E-state index contributed by atoms with van der Waals surface area (Å²) in [5.41, 5.74) is 11.0. The van der Waals surface area contributed by atoms with Crippen molar-refractivity contribution in [1.29, 1.82) is 0 Å². The topological polar surface area (TPSA) is 214 Å². The third-order valence-electron chi connectivity index (χ3n) is 3.97. The number of rotatable bonds is 16. The van der Waals surface area contributed by atoms with Gasteiger partial charge in [-0.1, -0.05) is 0 Å². The minimum Gasteiger partial charge on any atom is -0.481 e. The molecule has 0 aliphatic heterocycles. The number of nitrogens with one attached hydrogen (secondary N) is 3. The number of amides is 3. The van der Waals surface area contributed by atoms with Gasteiger partial charge in [-0.05, 0) is 44.2 Å². The Hall–Kier alpha value is -2.38. The summed E-state index contributed by atoms with van der Waals surface area (Å²) in [6, 6.07) is -3.38. The molecular formula is C17H31N5O7S. The van der Waals surface area contributed by atoms with E-state index in [0.717, 1.165) is 0 Å². The van der Waals surface area contributed by atoms with Crippen LogP contribution in [0.1, 0.15) is 32.1 Å². The zero-order valence-corrected chi connectivity index (χ0v) is 17.7. The molecule has 0 aromatic heterocycles. The Labute approximate surface area is 178 Å². The van der Waals surface area contributed by atoms with E-state index in [1.165, 1.54) is 11.8 Å². The lowest BCUT2D eigenvalue weighted by atomic mass is 10.1. The summed E-state index contributed by atoms with van der Waals surface area (Å²) in [6.45, 7) is -0.208. The molecule has 0 fully saturated rings. The molecule has 9 N–H and O–H groups in total. The van der Waals surface area contributed by atoms with Gasteiger partial charge in [0.15, 0.2) is 0 Å². The Balaban J connectivity index is 5.20. The average Bonchev–Trinajstić information content (AvgIpc) is 2.67. The molecule has 0 aliphatic rings. The summed E-state index contributed by atoms with van der Waals surface area (Å²) in [4.78, 5) is 58.5. The second-order valence-corrected chi connectivity index (χ2v) is 7.49. The Morgan fingerprint density at radius 2 is 1.50 bits per heavy atom. The highest BCUT2D eigenvalue weighted by molar-refractivity contribution is 7.98. The van der Waals surface area contributed by atoms with Gasteiger partial charge in [-0.3, -0.25) is 24.0 Å². The van der Waals surface area contributed by atoms with Crippen molar-refractivity contribution < 1.29 is 34.2 Å². The van der Waals surface area contributed by atoms with E-state index in [1.54, 1.807) is 0 Å². The standard InChI is InChI=1S/C17H31N5O7S/c1-30-7-5-12(16(28)20-9-14(25)26)22-17(29)11(4-2-3-6-18)21-15(27)10(19)8-13(23)24/h10-12H,2-9,18-19H2,1H3,(H,20,28)(H,21,27)(H,22,29)(H,23,24)(H,25,26). The van der Waals surface area contributed by atoms with Gasteiger partial charge in [0.2, 0.25) is 17.7 Å². The number of carboxylic acids is 2. The summed E-state index contributed by atoms with van der Waals surface area (Å²) in [5, 5.41) is 24.6. The molecule has 0 bridgehead atoms. The first-order chi connectivity index (χ1) is 14.1. The molecule has 0 saturated carbocycles. The van der Waals surface area contributed by atoms with Crippen LogP contribution in [0.5, 0.6) is 0 Å². The molecule has 0 spiro atoms. The first-order valence-electron chi connectivity index (χ1n) is 9.39. The van der Waals surface area contributed by atoms with E-state index < -0.39 is 60.8 Å². The van der Waals surface area contributed by atoms with E-state index in [0.29, 0.717) is 25.1 Å². The fraction of sp³-hybridized carbons (Fsp3) is 0.706. The molecule has 0 rings (SSSR count). The second kappa shape index (κ2) is 15.5. The molecule has 3 atom stereocenters. The lowest BCUT2D eigenvalue weighted by Crippen LogP contribution is -2.56. The third-order valence-corrected chi connectivity index (χ3v) is 4.61. The maximum atomic E-state index is 12.7. The summed E-state index contributed by atoms with van der Waals surface area (Å²) in [6.07, 6.45) is 2.77. The molecule has 172 valence electrons. The molecule has 12 nitrogen and oxygen atoms in total. The number of carbonyl (C=O) groups is 5. The lowest BCUT2D eigenvalue weighted by Gasteiger charge is -2.24. The van der Waals surface area contributed by atoms with Crippen molar-refractivity contribution in [2.75, 3.05) is 25.1 Å². The fourth-order valence-corrected chi connectivity index (χ4v) is 2.86. The van der Waals surface area contributed by atoms with E-state index in [2.05, 4.69) is 16.0 Å². The molecule has 0 aromatic carbocycles. The van der Waals surface area contributed by atoms with Gasteiger partial charge < -0.3 is 37.6 Å². The van der Waals surface area contributed by atoms with Gasteiger partial charge in [-0.15, -0.1) is 0 Å². The Kier molecular flexibility index (Phi) is 14.2.